The minimum absolute atomic E-state index is 0.378. The number of para-hydroxylation sites is 1. The van der Waals surface area contributed by atoms with Gasteiger partial charge in [0.15, 0.2) is 0 Å². The second kappa shape index (κ2) is 9.08. The average Bonchev–Trinajstić information content (AvgIpc) is 2.45. The molecule has 3 heteroatoms. The zero-order valence-corrected chi connectivity index (χ0v) is 14.1. The normalized spacial score (nSPS) is 12.0. The van der Waals surface area contributed by atoms with Crippen molar-refractivity contribution in [1.82, 2.24) is 0 Å². The van der Waals surface area contributed by atoms with Gasteiger partial charge in [-0.1, -0.05) is 50.1 Å². The standard InChI is InChI=1S/C19H27NO2/c1-5-6-7-8-9-13-16-20(17-14-11-10-12-15-17)18(21)22-19(2,3)4/h8-16H,5-7H2,1-4H3/b9-8+,16-13-. The molecule has 0 spiro atoms. The van der Waals surface area contributed by atoms with E-state index >= 15 is 0 Å². The number of ether oxygens (including phenoxy) is 1. The second-order valence-electron chi connectivity index (χ2n) is 6.10. The van der Waals surface area contributed by atoms with Gasteiger partial charge in [-0.15, -0.1) is 0 Å². The molecule has 0 aromatic heterocycles. The summed E-state index contributed by atoms with van der Waals surface area (Å²) in [6.45, 7) is 7.76. The van der Waals surface area contributed by atoms with Crippen molar-refractivity contribution in [3.05, 3.63) is 54.8 Å². The molecule has 0 saturated carbocycles. The van der Waals surface area contributed by atoms with Crippen molar-refractivity contribution >= 4 is 11.8 Å². The molecule has 1 amide bonds. The Bertz CT molecular complexity index is 498. The Morgan fingerprint density at radius 3 is 2.45 bits per heavy atom. The number of carbonyl (C=O) groups is 1. The first-order chi connectivity index (χ1) is 10.4. The summed E-state index contributed by atoms with van der Waals surface area (Å²) in [7, 11) is 0. The van der Waals surface area contributed by atoms with Crippen molar-refractivity contribution in [3.8, 4) is 0 Å². The molecule has 0 aliphatic heterocycles. The van der Waals surface area contributed by atoms with E-state index in [0.717, 1.165) is 12.1 Å². The van der Waals surface area contributed by atoms with E-state index in [1.807, 2.05) is 63.3 Å². The molecule has 1 aromatic carbocycles. The highest BCUT2D eigenvalue weighted by atomic mass is 16.6. The number of anilines is 1. The van der Waals surface area contributed by atoms with Crippen LogP contribution < -0.4 is 4.90 Å². The first-order valence-corrected chi connectivity index (χ1v) is 7.84. The Balaban J connectivity index is 2.81. The maximum Gasteiger partial charge on any atom is 0.418 e. The Kier molecular flexibility index (Phi) is 7.44. The minimum atomic E-state index is -0.519. The van der Waals surface area contributed by atoms with Crippen LogP contribution in [-0.2, 0) is 4.74 Å². The zero-order valence-electron chi connectivity index (χ0n) is 14.1. The molecule has 1 rings (SSSR count). The highest BCUT2D eigenvalue weighted by molar-refractivity contribution is 5.89. The van der Waals surface area contributed by atoms with E-state index < -0.39 is 5.60 Å². The van der Waals surface area contributed by atoms with Gasteiger partial charge in [-0.05, 0) is 45.4 Å². The number of rotatable bonds is 6. The molecule has 0 aliphatic rings. The van der Waals surface area contributed by atoms with Gasteiger partial charge in [0, 0.05) is 6.20 Å². The van der Waals surface area contributed by atoms with Crippen LogP contribution in [0.15, 0.2) is 54.8 Å². The summed E-state index contributed by atoms with van der Waals surface area (Å²) >= 11 is 0. The third-order valence-electron chi connectivity index (χ3n) is 2.83. The average molecular weight is 301 g/mol. The van der Waals surface area contributed by atoms with Crippen LogP contribution in [0.5, 0.6) is 0 Å². The maximum absolute atomic E-state index is 12.4. The number of hydrogen-bond donors (Lipinski definition) is 0. The molecule has 1 aromatic rings. The lowest BCUT2D eigenvalue weighted by Gasteiger charge is -2.25. The van der Waals surface area contributed by atoms with Crippen LogP contribution in [-0.4, -0.2) is 11.7 Å². The van der Waals surface area contributed by atoms with Crippen molar-refractivity contribution in [3.63, 3.8) is 0 Å². The van der Waals surface area contributed by atoms with Crippen molar-refractivity contribution < 1.29 is 9.53 Å². The third kappa shape index (κ3) is 7.11. The first kappa shape index (κ1) is 18.0. The van der Waals surface area contributed by atoms with Gasteiger partial charge in [0.2, 0.25) is 0 Å². The fourth-order valence-electron chi connectivity index (χ4n) is 1.78. The van der Waals surface area contributed by atoms with Crippen LogP contribution >= 0.6 is 0 Å². The molecule has 0 atom stereocenters. The van der Waals surface area contributed by atoms with Crippen LogP contribution in [0.1, 0.15) is 47.0 Å². The SMILES string of the molecule is CCCC/C=C/C=C\N(C(=O)OC(C)(C)C)c1ccccc1. The van der Waals surface area contributed by atoms with Crippen LogP contribution in [0.25, 0.3) is 0 Å². The van der Waals surface area contributed by atoms with E-state index in [-0.39, 0.29) is 6.09 Å². The molecule has 120 valence electrons. The Hall–Kier alpha value is -2.03. The smallest absolute Gasteiger partial charge is 0.418 e. The molecular weight excluding hydrogens is 274 g/mol. The molecular formula is C19H27NO2. The van der Waals surface area contributed by atoms with Gasteiger partial charge >= 0.3 is 6.09 Å². The maximum atomic E-state index is 12.4. The van der Waals surface area contributed by atoms with E-state index in [2.05, 4.69) is 13.0 Å². The van der Waals surface area contributed by atoms with Crippen molar-refractivity contribution in [2.45, 2.75) is 52.6 Å². The number of benzene rings is 1. The monoisotopic (exact) mass is 301 g/mol. The van der Waals surface area contributed by atoms with Gasteiger partial charge in [0.1, 0.15) is 5.60 Å². The molecule has 0 N–H and O–H groups in total. The van der Waals surface area contributed by atoms with Crippen LogP contribution in [0.3, 0.4) is 0 Å². The van der Waals surface area contributed by atoms with E-state index in [1.54, 1.807) is 6.20 Å². The van der Waals surface area contributed by atoms with E-state index in [9.17, 15) is 4.79 Å². The molecule has 0 fully saturated rings. The Morgan fingerprint density at radius 1 is 1.18 bits per heavy atom. The lowest BCUT2D eigenvalue weighted by atomic mass is 10.2. The highest BCUT2D eigenvalue weighted by Crippen LogP contribution is 2.18. The van der Waals surface area contributed by atoms with Gasteiger partial charge in [-0.3, -0.25) is 4.90 Å². The number of hydrogen-bond acceptors (Lipinski definition) is 2. The van der Waals surface area contributed by atoms with Crippen LogP contribution in [0.4, 0.5) is 10.5 Å². The largest absolute Gasteiger partial charge is 0.443 e. The summed E-state index contributed by atoms with van der Waals surface area (Å²) in [6, 6.07) is 9.49. The highest BCUT2D eigenvalue weighted by Gasteiger charge is 2.21. The fraction of sp³-hybridized carbons (Fsp3) is 0.421. The van der Waals surface area contributed by atoms with Crippen LogP contribution in [0.2, 0.25) is 0 Å². The van der Waals surface area contributed by atoms with Gasteiger partial charge in [0.25, 0.3) is 0 Å². The fourth-order valence-corrected chi connectivity index (χ4v) is 1.78. The third-order valence-corrected chi connectivity index (χ3v) is 2.83. The molecule has 0 saturated heterocycles. The number of allylic oxidation sites excluding steroid dienone is 3. The number of unbranched alkanes of at least 4 members (excludes halogenated alkanes) is 2. The van der Waals surface area contributed by atoms with E-state index in [0.29, 0.717) is 0 Å². The number of nitrogens with zero attached hydrogens (tertiary/aromatic N) is 1. The van der Waals surface area contributed by atoms with Gasteiger partial charge in [-0.25, -0.2) is 4.79 Å². The van der Waals surface area contributed by atoms with Gasteiger partial charge in [-0.2, -0.15) is 0 Å². The Morgan fingerprint density at radius 2 is 1.86 bits per heavy atom. The van der Waals surface area contributed by atoms with E-state index in [1.165, 1.54) is 17.7 Å². The molecule has 22 heavy (non-hydrogen) atoms. The molecule has 0 radical (unpaired) electrons. The summed E-state index contributed by atoms with van der Waals surface area (Å²) in [6.07, 6.45) is 10.7. The lowest BCUT2D eigenvalue weighted by Crippen LogP contribution is -2.33. The topological polar surface area (TPSA) is 29.5 Å². The molecule has 0 heterocycles. The summed E-state index contributed by atoms with van der Waals surface area (Å²) < 4.78 is 5.46. The summed E-state index contributed by atoms with van der Waals surface area (Å²) in [5.74, 6) is 0. The predicted octanol–water partition coefficient (Wildman–Crippen LogP) is 5.69. The molecule has 3 nitrogen and oxygen atoms in total. The van der Waals surface area contributed by atoms with Crippen LogP contribution in [0, 0.1) is 0 Å². The number of amides is 1. The van der Waals surface area contributed by atoms with Crippen molar-refractivity contribution in [2.24, 2.45) is 0 Å². The quantitative estimate of drug-likeness (QED) is 0.499. The molecule has 0 aliphatic carbocycles. The van der Waals surface area contributed by atoms with Crippen molar-refractivity contribution in [2.75, 3.05) is 4.90 Å². The second-order valence-corrected chi connectivity index (χ2v) is 6.10. The lowest BCUT2D eigenvalue weighted by molar-refractivity contribution is 0.0596. The van der Waals surface area contributed by atoms with Gasteiger partial charge in [0.05, 0.1) is 5.69 Å². The molecule has 0 bridgehead atoms. The Labute approximate surface area is 134 Å². The molecule has 0 unspecified atom stereocenters. The van der Waals surface area contributed by atoms with E-state index in [4.69, 9.17) is 4.74 Å². The summed E-state index contributed by atoms with van der Waals surface area (Å²) in [4.78, 5) is 13.9. The van der Waals surface area contributed by atoms with Gasteiger partial charge < -0.3 is 4.74 Å². The first-order valence-electron chi connectivity index (χ1n) is 7.84. The number of carbonyl (C=O) groups excluding carboxylic acids is 1. The zero-order chi connectivity index (χ0) is 16.4. The van der Waals surface area contributed by atoms with Crippen molar-refractivity contribution in [1.29, 1.82) is 0 Å². The summed E-state index contributed by atoms with van der Waals surface area (Å²) in [5.41, 5.74) is 0.268. The summed E-state index contributed by atoms with van der Waals surface area (Å²) in [5, 5.41) is 0. The minimum Gasteiger partial charge on any atom is -0.443 e. The predicted molar refractivity (Wildman–Crippen MR) is 93.0 cm³/mol.